The molecule has 4 nitrogen and oxygen atoms in total. The molecule has 1 heterocycles. The van der Waals surface area contributed by atoms with Crippen LogP contribution in [0.15, 0.2) is 0 Å². The minimum atomic E-state index is -0.113. The van der Waals surface area contributed by atoms with Crippen LogP contribution in [-0.4, -0.2) is 69.4 Å². The minimum absolute atomic E-state index is 0.113. The molecule has 1 fully saturated rings. The van der Waals surface area contributed by atoms with E-state index in [2.05, 4.69) is 16.8 Å². The van der Waals surface area contributed by atoms with Gasteiger partial charge in [-0.3, -0.25) is 0 Å². The number of rotatable bonds is 7. The van der Waals surface area contributed by atoms with Crippen molar-refractivity contribution < 1.29 is 9.84 Å². The summed E-state index contributed by atoms with van der Waals surface area (Å²) in [7, 11) is 2.17. The topological polar surface area (TPSA) is 38.8 Å². The maximum absolute atomic E-state index is 10.1. The van der Waals surface area contributed by atoms with Crippen LogP contribution in [-0.2, 0) is 4.74 Å². The second-order valence-corrected chi connectivity index (χ2v) is 4.17. The Morgan fingerprint density at radius 1 is 1.07 bits per heavy atom. The van der Waals surface area contributed by atoms with Gasteiger partial charge in [-0.05, 0) is 26.4 Å². The Balaban J connectivity index is 1.87. The molecule has 1 rings (SSSR count). The van der Waals surface area contributed by atoms with Crippen LogP contribution in [0.25, 0.3) is 0 Å². The first-order valence-corrected chi connectivity index (χ1v) is 5.89. The summed E-state index contributed by atoms with van der Waals surface area (Å²) >= 11 is 0. The Morgan fingerprint density at radius 3 is 2.47 bits per heavy atom. The predicted octanol–water partition coefficient (Wildman–Crippen LogP) is -0.609. The smallest absolute Gasteiger partial charge is 0.0465 e. The normalized spacial score (nSPS) is 19.6. The average molecular weight is 215 g/mol. The lowest BCUT2D eigenvalue weighted by atomic mass is 10.2. The Morgan fingerprint density at radius 2 is 1.80 bits per heavy atom. The van der Waals surface area contributed by atoms with Gasteiger partial charge in [0.05, 0.1) is 0 Å². The SMILES string of the molecule is CN1CCN(CCCCOCC[O-])CC1. The molecule has 0 saturated carbocycles. The molecule has 0 bridgehead atoms. The molecule has 0 aromatic heterocycles. The fraction of sp³-hybridized carbons (Fsp3) is 1.00. The number of unbranched alkanes of at least 4 members (excludes halogenated alkanes) is 1. The third kappa shape index (κ3) is 6.10. The number of hydrogen-bond donors (Lipinski definition) is 0. The first kappa shape index (κ1) is 12.9. The van der Waals surface area contributed by atoms with E-state index in [1.807, 2.05) is 0 Å². The van der Waals surface area contributed by atoms with Crippen molar-refractivity contribution in [2.24, 2.45) is 0 Å². The van der Waals surface area contributed by atoms with Crippen molar-refractivity contribution in [3.8, 4) is 0 Å². The highest BCUT2D eigenvalue weighted by Gasteiger charge is 2.12. The van der Waals surface area contributed by atoms with Gasteiger partial charge in [0.2, 0.25) is 0 Å². The lowest BCUT2D eigenvalue weighted by molar-refractivity contribution is -0.374. The monoisotopic (exact) mass is 215 g/mol. The molecule has 0 radical (unpaired) electrons. The first-order valence-electron chi connectivity index (χ1n) is 5.89. The van der Waals surface area contributed by atoms with Crippen molar-refractivity contribution in [3.63, 3.8) is 0 Å². The fourth-order valence-corrected chi connectivity index (χ4v) is 1.77. The molecule has 0 aromatic rings. The van der Waals surface area contributed by atoms with Crippen LogP contribution in [0.1, 0.15) is 12.8 Å². The minimum Gasteiger partial charge on any atom is -0.853 e. The Labute approximate surface area is 92.8 Å². The van der Waals surface area contributed by atoms with E-state index in [1.54, 1.807) is 0 Å². The van der Waals surface area contributed by atoms with Gasteiger partial charge >= 0.3 is 0 Å². The van der Waals surface area contributed by atoms with Crippen LogP contribution in [0, 0.1) is 0 Å². The molecule has 1 saturated heterocycles. The Hall–Kier alpha value is -0.160. The largest absolute Gasteiger partial charge is 0.853 e. The van der Waals surface area contributed by atoms with Gasteiger partial charge in [-0.15, -0.1) is 6.61 Å². The molecule has 1 aliphatic rings. The Bertz CT molecular complexity index is 148. The van der Waals surface area contributed by atoms with Gasteiger partial charge in [0.25, 0.3) is 0 Å². The van der Waals surface area contributed by atoms with Gasteiger partial charge in [-0.25, -0.2) is 0 Å². The van der Waals surface area contributed by atoms with Gasteiger partial charge in [-0.2, -0.15) is 0 Å². The van der Waals surface area contributed by atoms with Gasteiger partial charge in [0.15, 0.2) is 0 Å². The second-order valence-electron chi connectivity index (χ2n) is 4.17. The standard InChI is InChI=1S/C11H23N2O2/c1-12-5-7-13(8-6-12)4-2-3-10-15-11-9-14/h2-11H2,1H3/q-1. The highest BCUT2D eigenvalue weighted by molar-refractivity contribution is 4.68. The van der Waals surface area contributed by atoms with E-state index >= 15 is 0 Å². The molecule has 0 atom stereocenters. The number of hydrogen-bond acceptors (Lipinski definition) is 4. The summed E-state index contributed by atoms with van der Waals surface area (Å²) in [6.45, 7) is 6.94. The fourth-order valence-electron chi connectivity index (χ4n) is 1.77. The lowest BCUT2D eigenvalue weighted by Gasteiger charge is -2.32. The predicted molar refractivity (Wildman–Crippen MR) is 58.9 cm³/mol. The molecular formula is C11H23N2O2-. The summed E-state index contributed by atoms with van der Waals surface area (Å²) < 4.78 is 5.15. The van der Waals surface area contributed by atoms with E-state index in [0.717, 1.165) is 13.0 Å². The van der Waals surface area contributed by atoms with Gasteiger partial charge in [0.1, 0.15) is 0 Å². The van der Waals surface area contributed by atoms with Gasteiger partial charge in [-0.1, -0.05) is 0 Å². The summed E-state index contributed by atoms with van der Waals surface area (Å²) in [5.41, 5.74) is 0. The maximum atomic E-state index is 10.1. The van der Waals surface area contributed by atoms with Crippen LogP contribution < -0.4 is 5.11 Å². The van der Waals surface area contributed by atoms with Crippen LogP contribution in [0.4, 0.5) is 0 Å². The molecule has 0 aliphatic carbocycles. The van der Waals surface area contributed by atoms with Crippen molar-refractivity contribution in [1.29, 1.82) is 0 Å². The molecule has 0 amide bonds. The third-order valence-corrected chi connectivity index (χ3v) is 2.84. The quantitative estimate of drug-likeness (QED) is 0.531. The van der Waals surface area contributed by atoms with Crippen molar-refractivity contribution in [2.45, 2.75) is 12.8 Å². The zero-order valence-electron chi connectivity index (χ0n) is 9.78. The van der Waals surface area contributed by atoms with Gasteiger partial charge in [0, 0.05) is 39.4 Å². The summed E-state index contributed by atoms with van der Waals surface area (Å²) in [5, 5.41) is 10.1. The molecule has 90 valence electrons. The molecular weight excluding hydrogens is 192 g/mol. The number of piperazine rings is 1. The molecule has 0 spiro atoms. The average Bonchev–Trinajstić information content (AvgIpc) is 2.26. The molecule has 1 aliphatic heterocycles. The van der Waals surface area contributed by atoms with E-state index in [1.165, 1.54) is 39.1 Å². The van der Waals surface area contributed by atoms with Crippen LogP contribution in [0.3, 0.4) is 0 Å². The molecule has 0 N–H and O–H groups in total. The maximum Gasteiger partial charge on any atom is 0.0465 e. The van der Waals surface area contributed by atoms with Crippen LogP contribution >= 0.6 is 0 Å². The Kier molecular flexibility index (Phi) is 6.92. The van der Waals surface area contributed by atoms with Crippen molar-refractivity contribution in [2.75, 3.05) is 59.6 Å². The van der Waals surface area contributed by atoms with Crippen LogP contribution in [0.2, 0.25) is 0 Å². The lowest BCUT2D eigenvalue weighted by Crippen LogP contribution is -2.44. The van der Waals surface area contributed by atoms with E-state index in [4.69, 9.17) is 4.74 Å². The molecule has 15 heavy (non-hydrogen) atoms. The van der Waals surface area contributed by atoms with E-state index in [-0.39, 0.29) is 6.61 Å². The second kappa shape index (κ2) is 8.05. The van der Waals surface area contributed by atoms with E-state index in [0.29, 0.717) is 6.61 Å². The molecule has 0 unspecified atom stereocenters. The van der Waals surface area contributed by atoms with E-state index < -0.39 is 0 Å². The number of nitrogens with zero attached hydrogens (tertiary/aromatic N) is 2. The number of ether oxygens (including phenoxy) is 1. The summed E-state index contributed by atoms with van der Waals surface area (Å²) in [6, 6.07) is 0. The van der Waals surface area contributed by atoms with Crippen molar-refractivity contribution in [3.05, 3.63) is 0 Å². The zero-order chi connectivity index (χ0) is 10.9. The summed E-state index contributed by atoms with van der Waals surface area (Å²) in [4.78, 5) is 4.88. The van der Waals surface area contributed by atoms with Crippen molar-refractivity contribution >= 4 is 0 Å². The first-order chi connectivity index (χ1) is 7.33. The van der Waals surface area contributed by atoms with Gasteiger partial charge < -0.3 is 19.6 Å². The third-order valence-electron chi connectivity index (χ3n) is 2.84. The van der Waals surface area contributed by atoms with Crippen molar-refractivity contribution in [1.82, 2.24) is 9.80 Å². The zero-order valence-corrected chi connectivity index (χ0v) is 9.78. The highest BCUT2D eigenvalue weighted by Crippen LogP contribution is 2.01. The number of likely N-dealkylation sites (N-methyl/N-ethyl adjacent to an activating group) is 1. The summed E-state index contributed by atoms with van der Waals surface area (Å²) in [6.07, 6.45) is 2.26. The van der Waals surface area contributed by atoms with Crippen LogP contribution in [0.5, 0.6) is 0 Å². The summed E-state index contributed by atoms with van der Waals surface area (Å²) in [5.74, 6) is 0. The highest BCUT2D eigenvalue weighted by atomic mass is 16.5. The van der Waals surface area contributed by atoms with E-state index in [9.17, 15) is 5.11 Å². The molecule has 4 heteroatoms. The molecule has 0 aromatic carbocycles.